The average molecular weight is 326 g/mol. The summed E-state index contributed by atoms with van der Waals surface area (Å²) in [4.78, 5) is 23.3. The molecule has 2 rings (SSSR count). The first kappa shape index (κ1) is 17.2. The van der Waals surface area contributed by atoms with Crippen LogP contribution < -0.4 is 5.32 Å². The quantitative estimate of drug-likeness (QED) is 0.850. The van der Waals surface area contributed by atoms with Crippen molar-refractivity contribution in [3.8, 4) is 6.07 Å². The Hall–Kier alpha value is -3.20. The van der Waals surface area contributed by atoms with Crippen molar-refractivity contribution >= 4 is 11.9 Å². The van der Waals surface area contributed by atoms with Gasteiger partial charge >= 0.3 is 5.97 Å². The first-order valence-electron chi connectivity index (χ1n) is 7.23. The zero-order valence-electron chi connectivity index (χ0n) is 12.7. The Morgan fingerprint density at radius 3 is 2.21 bits per heavy atom. The monoisotopic (exact) mass is 326 g/mol. The fourth-order valence-electron chi connectivity index (χ4n) is 2.18. The highest BCUT2D eigenvalue weighted by Gasteiger charge is 2.20. The third-order valence-corrected chi connectivity index (χ3v) is 3.43. The predicted molar refractivity (Wildman–Crippen MR) is 84.5 cm³/mol. The molecule has 0 radical (unpaired) electrons. The zero-order chi connectivity index (χ0) is 17.5. The maximum atomic E-state index is 12.8. The molecule has 6 heteroatoms. The number of rotatable bonds is 6. The number of carboxylic acid groups (broad SMARTS) is 1. The van der Waals surface area contributed by atoms with Crippen molar-refractivity contribution in [1.82, 2.24) is 5.32 Å². The fourth-order valence-corrected chi connectivity index (χ4v) is 2.18. The Kier molecular flexibility index (Phi) is 5.63. The number of aliphatic carboxylic acids is 1. The lowest BCUT2D eigenvalue weighted by atomic mass is 10.0. The van der Waals surface area contributed by atoms with E-state index in [1.807, 2.05) is 6.07 Å². The van der Waals surface area contributed by atoms with Gasteiger partial charge in [0.2, 0.25) is 5.91 Å². The van der Waals surface area contributed by atoms with Gasteiger partial charge in [-0.1, -0.05) is 24.3 Å². The second-order valence-corrected chi connectivity index (χ2v) is 5.27. The van der Waals surface area contributed by atoms with Crippen LogP contribution in [0.4, 0.5) is 4.39 Å². The molecule has 122 valence electrons. The summed E-state index contributed by atoms with van der Waals surface area (Å²) >= 11 is 0. The van der Waals surface area contributed by atoms with Crippen LogP contribution in [0.25, 0.3) is 0 Å². The number of carboxylic acids is 1. The number of carbonyl (C=O) groups is 2. The molecule has 1 amide bonds. The van der Waals surface area contributed by atoms with E-state index in [1.165, 1.54) is 24.3 Å². The fraction of sp³-hybridized carbons (Fsp3) is 0.167. The van der Waals surface area contributed by atoms with Gasteiger partial charge in [0.1, 0.15) is 11.9 Å². The van der Waals surface area contributed by atoms with Gasteiger partial charge in [0.25, 0.3) is 0 Å². The van der Waals surface area contributed by atoms with E-state index in [4.69, 9.17) is 5.26 Å². The molecule has 0 heterocycles. The van der Waals surface area contributed by atoms with Gasteiger partial charge in [0, 0.05) is 6.42 Å². The molecule has 0 aliphatic heterocycles. The maximum Gasteiger partial charge on any atom is 0.326 e. The summed E-state index contributed by atoms with van der Waals surface area (Å²) in [5, 5.41) is 20.5. The van der Waals surface area contributed by atoms with E-state index in [9.17, 15) is 19.1 Å². The van der Waals surface area contributed by atoms with Crippen molar-refractivity contribution in [2.24, 2.45) is 0 Å². The van der Waals surface area contributed by atoms with Gasteiger partial charge in [0.05, 0.1) is 18.1 Å². The topological polar surface area (TPSA) is 90.2 Å². The average Bonchev–Trinajstić information content (AvgIpc) is 2.57. The van der Waals surface area contributed by atoms with E-state index in [2.05, 4.69) is 5.32 Å². The van der Waals surface area contributed by atoms with Gasteiger partial charge in [-0.3, -0.25) is 4.79 Å². The highest BCUT2D eigenvalue weighted by atomic mass is 19.1. The highest BCUT2D eigenvalue weighted by molar-refractivity contribution is 5.85. The van der Waals surface area contributed by atoms with Gasteiger partial charge in [0.15, 0.2) is 0 Å². The van der Waals surface area contributed by atoms with E-state index in [-0.39, 0.29) is 12.8 Å². The number of benzene rings is 2. The van der Waals surface area contributed by atoms with Gasteiger partial charge in [-0.2, -0.15) is 5.26 Å². The van der Waals surface area contributed by atoms with Crippen molar-refractivity contribution < 1.29 is 19.1 Å². The molecule has 0 aliphatic rings. The van der Waals surface area contributed by atoms with Gasteiger partial charge in [-0.15, -0.1) is 0 Å². The molecule has 5 nitrogen and oxygen atoms in total. The summed E-state index contributed by atoms with van der Waals surface area (Å²) in [6.45, 7) is 0. The van der Waals surface area contributed by atoms with Crippen LogP contribution in [0.15, 0.2) is 48.5 Å². The van der Waals surface area contributed by atoms with Gasteiger partial charge in [-0.05, 0) is 35.4 Å². The van der Waals surface area contributed by atoms with E-state index < -0.39 is 23.7 Å². The lowest BCUT2D eigenvalue weighted by molar-refractivity contribution is -0.141. The molecule has 0 aromatic heterocycles. The number of amides is 1. The van der Waals surface area contributed by atoms with Crippen LogP contribution in [0, 0.1) is 17.1 Å². The van der Waals surface area contributed by atoms with Crippen molar-refractivity contribution in [3.63, 3.8) is 0 Å². The van der Waals surface area contributed by atoms with Crippen LogP contribution in [0.5, 0.6) is 0 Å². The number of nitrogens with zero attached hydrogens (tertiary/aromatic N) is 1. The lowest BCUT2D eigenvalue weighted by Gasteiger charge is -2.15. The SMILES string of the molecule is N#Cc1ccc(C[C@H](NC(=O)Cc2ccc(F)cc2)C(=O)O)cc1. The van der Waals surface area contributed by atoms with Crippen LogP contribution in [-0.2, 0) is 22.4 Å². The molecule has 24 heavy (non-hydrogen) atoms. The Labute approximate surface area is 138 Å². The van der Waals surface area contributed by atoms with Crippen LogP contribution >= 0.6 is 0 Å². The minimum absolute atomic E-state index is 0.0303. The second kappa shape index (κ2) is 7.88. The maximum absolute atomic E-state index is 12.8. The van der Waals surface area contributed by atoms with Crippen molar-refractivity contribution in [3.05, 3.63) is 71.0 Å². The third kappa shape index (κ3) is 4.92. The van der Waals surface area contributed by atoms with E-state index >= 15 is 0 Å². The molecule has 0 spiro atoms. The van der Waals surface area contributed by atoms with Gasteiger partial charge < -0.3 is 10.4 Å². The Balaban J connectivity index is 1.99. The number of nitriles is 1. The molecular formula is C18H15FN2O3. The number of carbonyl (C=O) groups excluding carboxylic acids is 1. The number of hydrogen-bond donors (Lipinski definition) is 2. The Morgan fingerprint density at radius 2 is 1.67 bits per heavy atom. The number of hydrogen-bond acceptors (Lipinski definition) is 3. The molecule has 0 bridgehead atoms. The predicted octanol–water partition coefficient (Wildman–Crippen LogP) is 2.05. The third-order valence-electron chi connectivity index (χ3n) is 3.43. The van der Waals surface area contributed by atoms with Crippen LogP contribution in [0.2, 0.25) is 0 Å². The summed E-state index contributed by atoms with van der Waals surface area (Å²) in [6, 6.07) is 12.8. The Morgan fingerprint density at radius 1 is 1.08 bits per heavy atom. The summed E-state index contributed by atoms with van der Waals surface area (Å²) in [7, 11) is 0. The molecule has 0 fully saturated rings. The first-order chi connectivity index (χ1) is 11.5. The summed E-state index contributed by atoms with van der Waals surface area (Å²) in [5.41, 5.74) is 1.77. The summed E-state index contributed by atoms with van der Waals surface area (Å²) < 4.78 is 12.8. The van der Waals surface area contributed by atoms with Crippen LogP contribution in [0.3, 0.4) is 0 Å². The smallest absolute Gasteiger partial charge is 0.326 e. The first-order valence-corrected chi connectivity index (χ1v) is 7.23. The van der Waals surface area contributed by atoms with E-state index in [1.54, 1.807) is 24.3 Å². The molecule has 2 aromatic carbocycles. The molecule has 0 saturated heterocycles. The molecular weight excluding hydrogens is 311 g/mol. The lowest BCUT2D eigenvalue weighted by Crippen LogP contribution is -2.43. The highest BCUT2D eigenvalue weighted by Crippen LogP contribution is 2.08. The summed E-state index contributed by atoms with van der Waals surface area (Å²) in [5.74, 6) is -2.00. The molecule has 0 saturated carbocycles. The van der Waals surface area contributed by atoms with Gasteiger partial charge in [-0.25, -0.2) is 9.18 Å². The number of halogens is 1. The molecule has 2 N–H and O–H groups in total. The molecule has 1 atom stereocenters. The largest absolute Gasteiger partial charge is 0.480 e. The standard InChI is InChI=1S/C18H15FN2O3/c19-15-7-5-13(6-8-15)10-17(22)21-16(18(23)24)9-12-1-3-14(11-20)4-2-12/h1-8,16H,9-10H2,(H,21,22)(H,23,24)/t16-/m0/s1. The molecule has 2 aromatic rings. The minimum atomic E-state index is -1.15. The van der Waals surface area contributed by atoms with Crippen molar-refractivity contribution in [1.29, 1.82) is 5.26 Å². The number of nitrogens with one attached hydrogen (secondary N) is 1. The second-order valence-electron chi connectivity index (χ2n) is 5.27. The normalized spacial score (nSPS) is 11.3. The van der Waals surface area contributed by atoms with E-state index in [0.717, 1.165) is 0 Å². The molecule has 0 aliphatic carbocycles. The van der Waals surface area contributed by atoms with Crippen molar-refractivity contribution in [2.75, 3.05) is 0 Å². The summed E-state index contributed by atoms with van der Waals surface area (Å²) in [6.07, 6.45) is 0.0770. The van der Waals surface area contributed by atoms with E-state index in [0.29, 0.717) is 16.7 Å². The van der Waals surface area contributed by atoms with Crippen molar-refractivity contribution in [2.45, 2.75) is 18.9 Å². The minimum Gasteiger partial charge on any atom is -0.480 e. The zero-order valence-corrected chi connectivity index (χ0v) is 12.7. The van der Waals surface area contributed by atoms with Crippen LogP contribution in [0.1, 0.15) is 16.7 Å². The molecule has 0 unspecified atom stereocenters. The Bertz CT molecular complexity index is 764. The van der Waals surface area contributed by atoms with Crippen LogP contribution in [-0.4, -0.2) is 23.0 Å².